The summed E-state index contributed by atoms with van der Waals surface area (Å²) < 4.78 is 6.36. The molecule has 0 heterocycles. The Morgan fingerprint density at radius 2 is 2.27 bits per heavy atom. The number of hydrogen-bond acceptors (Lipinski definition) is 2. The monoisotopic (exact) mass is 271 g/mol. The molecule has 15 heavy (non-hydrogen) atoms. The van der Waals surface area contributed by atoms with Gasteiger partial charge >= 0.3 is 0 Å². The quantitative estimate of drug-likeness (QED) is 0.913. The Kier molecular flexibility index (Phi) is 4.62. The van der Waals surface area contributed by atoms with Crippen molar-refractivity contribution in [2.45, 2.75) is 13.8 Å². The minimum Gasteiger partial charge on any atom is -0.484 e. The average molecular weight is 272 g/mol. The van der Waals surface area contributed by atoms with Crippen molar-refractivity contribution in [1.29, 1.82) is 0 Å². The number of carbonyl (C=O) groups is 1. The van der Waals surface area contributed by atoms with E-state index in [9.17, 15) is 4.79 Å². The number of carbonyl (C=O) groups excluding carboxylic acids is 1. The second-order valence-electron chi connectivity index (χ2n) is 3.15. The minimum absolute atomic E-state index is 0.0644. The van der Waals surface area contributed by atoms with Gasteiger partial charge in [0.15, 0.2) is 6.61 Å². The molecule has 0 aliphatic heterocycles. The molecule has 1 rings (SSSR count). The second kappa shape index (κ2) is 5.75. The third-order valence-electron chi connectivity index (χ3n) is 1.87. The van der Waals surface area contributed by atoms with E-state index in [1.54, 1.807) is 0 Å². The molecule has 1 amide bonds. The Morgan fingerprint density at radius 3 is 2.87 bits per heavy atom. The summed E-state index contributed by atoms with van der Waals surface area (Å²) in [5, 5.41) is 2.67. The van der Waals surface area contributed by atoms with Crippen LogP contribution >= 0.6 is 15.9 Å². The smallest absolute Gasteiger partial charge is 0.257 e. The molecular formula is C11H14BrNO2. The molecule has 4 heteroatoms. The van der Waals surface area contributed by atoms with Crippen molar-refractivity contribution in [2.75, 3.05) is 13.2 Å². The van der Waals surface area contributed by atoms with Crippen molar-refractivity contribution < 1.29 is 9.53 Å². The zero-order valence-corrected chi connectivity index (χ0v) is 10.4. The predicted octanol–water partition coefficient (Wildman–Crippen LogP) is 2.27. The summed E-state index contributed by atoms with van der Waals surface area (Å²) in [4.78, 5) is 11.1. The van der Waals surface area contributed by atoms with Gasteiger partial charge in [0.1, 0.15) is 5.75 Å². The summed E-state index contributed by atoms with van der Waals surface area (Å²) in [6, 6.07) is 5.63. The maximum absolute atomic E-state index is 11.1. The Labute approximate surface area is 97.9 Å². The number of benzene rings is 1. The molecule has 1 N–H and O–H groups in total. The Morgan fingerprint density at radius 1 is 1.53 bits per heavy atom. The Bertz CT molecular complexity index is 352. The fourth-order valence-corrected chi connectivity index (χ4v) is 1.35. The number of hydrogen-bond donors (Lipinski definition) is 1. The van der Waals surface area contributed by atoms with Gasteiger partial charge in [0.05, 0.1) is 0 Å². The third-order valence-corrected chi connectivity index (χ3v) is 2.76. The summed E-state index contributed by atoms with van der Waals surface area (Å²) in [7, 11) is 0. The highest BCUT2D eigenvalue weighted by molar-refractivity contribution is 9.10. The van der Waals surface area contributed by atoms with Crippen molar-refractivity contribution in [3.63, 3.8) is 0 Å². The SMILES string of the molecule is CCNC(=O)COc1ccc(Br)c(C)c1. The highest BCUT2D eigenvalue weighted by Gasteiger charge is 2.02. The highest BCUT2D eigenvalue weighted by Crippen LogP contribution is 2.21. The molecule has 1 aromatic rings. The molecule has 0 aromatic heterocycles. The first kappa shape index (κ1) is 12.0. The van der Waals surface area contributed by atoms with Gasteiger partial charge in [0, 0.05) is 11.0 Å². The van der Waals surface area contributed by atoms with Crippen molar-refractivity contribution in [3.8, 4) is 5.75 Å². The highest BCUT2D eigenvalue weighted by atomic mass is 79.9. The average Bonchev–Trinajstić information content (AvgIpc) is 2.20. The summed E-state index contributed by atoms with van der Waals surface area (Å²) in [5.41, 5.74) is 1.09. The first-order valence-electron chi connectivity index (χ1n) is 4.79. The van der Waals surface area contributed by atoms with Gasteiger partial charge < -0.3 is 10.1 Å². The van der Waals surface area contributed by atoms with Crippen LogP contribution in [-0.4, -0.2) is 19.1 Å². The largest absolute Gasteiger partial charge is 0.484 e. The molecule has 0 bridgehead atoms. The molecule has 0 saturated carbocycles. The van der Waals surface area contributed by atoms with Crippen LogP contribution < -0.4 is 10.1 Å². The molecule has 0 saturated heterocycles. The minimum atomic E-state index is -0.0990. The van der Waals surface area contributed by atoms with Gasteiger partial charge in [0.2, 0.25) is 0 Å². The van der Waals surface area contributed by atoms with Crippen LogP contribution in [0, 0.1) is 6.92 Å². The molecule has 1 aromatic carbocycles. The lowest BCUT2D eigenvalue weighted by Crippen LogP contribution is -2.28. The summed E-state index contributed by atoms with van der Waals surface area (Å²) in [6.07, 6.45) is 0. The van der Waals surface area contributed by atoms with Crippen molar-refractivity contribution in [1.82, 2.24) is 5.32 Å². The van der Waals surface area contributed by atoms with Crippen molar-refractivity contribution in [2.24, 2.45) is 0 Å². The zero-order chi connectivity index (χ0) is 11.3. The van der Waals surface area contributed by atoms with Crippen LogP contribution in [0.4, 0.5) is 0 Å². The van der Waals surface area contributed by atoms with E-state index in [1.165, 1.54) is 0 Å². The number of amides is 1. The summed E-state index contributed by atoms with van der Waals surface area (Å²) in [6.45, 7) is 4.54. The molecule has 0 atom stereocenters. The van der Waals surface area contributed by atoms with Crippen LogP contribution in [0.15, 0.2) is 22.7 Å². The van der Waals surface area contributed by atoms with E-state index in [0.717, 1.165) is 10.0 Å². The van der Waals surface area contributed by atoms with E-state index in [-0.39, 0.29) is 12.5 Å². The molecular weight excluding hydrogens is 258 g/mol. The normalized spacial score (nSPS) is 9.80. The van der Waals surface area contributed by atoms with E-state index >= 15 is 0 Å². The Hall–Kier alpha value is -1.03. The van der Waals surface area contributed by atoms with Crippen LogP contribution in [-0.2, 0) is 4.79 Å². The predicted molar refractivity (Wildman–Crippen MR) is 63.1 cm³/mol. The van der Waals surface area contributed by atoms with Crippen LogP contribution in [0.3, 0.4) is 0 Å². The number of likely N-dealkylation sites (N-methyl/N-ethyl adjacent to an activating group) is 1. The van der Waals surface area contributed by atoms with E-state index in [2.05, 4.69) is 21.2 Å². The van der Waals surface area contributed by atoms with Crippen LogP contribution in [0.5, 0.6) is 5.75 Å². The molecule has 0 aliphatic carbocycles. The fourth-order valence-electron chi connectivity index (χ4n) is 1.10. The van der Waals surface area contributed by atoms with E-state index < -0.39 is 0 Å². The van der Waals surface area contributed by atoms with Gasteiger partial charge in [-0.3, -0.25) is 4.79 Å². The number of nitrogens with one attached hydrogen (secondary N) is 1. The van der Waals surface area contributed by atoms with E-state index in [4.69, 9.17) is 4.74 Å². The van der Waals surface area contributed by atoms with Gasteiger partial charge in [0.25, 0.3) is 5.91 Å². The van der Waals surface area contributed by atoms with Crippen molar-refractivity contribution in [3.05, 3.63) is 28.2 Å². The van der Waals surface area contributed by atoms with E-state index in [1.807, 2.05) is 32.0 Å². The van der Waals surface area contributed by atoms with Gasteiger partial charge in [-0.15, -0.1) is 0 Å². The molecule has 82 valence electrons. The number of ether oxygens (including phenoxy) is 1. The number of aryl methyl sites for hydroxylation is 1. The van der Waals surface area contributed by atoms with Gasteiger partial charge in [-0.1, -0.05) is 15.9 Å². The standard InChI is InChI=1S/C11H14BrNO2/c1-3-13-11(14)7-15-9-4-5-10(12)8(2)6-9/h4-6H,3,7H2,1-2H3,(H,13,14). The lowest BCUT2D eigenvalue weighted by Gasteiger charge is -2.07. The van der Waals surface area contributed by atoms with Crippen LogP contribution in [0.1, 0.15) is 12.5 Å². The third kappa shape index (κ3) is 3.91. The maximum Gasteiger partial charge on any atom is 0.257 e. The molecule has 3 nitrogen and oxygen atoms in total. The Balaban J connectivity index is 2.51. The molecule has 0 spiro atoms. The maximum atomic E-state index is 11.1. The first-order chi connectivity index (χ1) is 7.13. The number of halogens is 1. The fraction of sp³-hybridized carbons (Fsp3) is 0.364. The topological polar surface area (TPSA) is 38.3 Å². The van der Waals surface area contributed by atoms with Gasteiger partial charge in [-0.25, -0.2) is 0 Å². The van der Waals surface area contributed by atoms with E-state index in [0.29, 0.717) is 12.3 Å². The molecule has 0 radical (unpaired) electrons. The molecule has 0 unspecified atom stereocenters. The number of rotatable bonds is 4. The molecule has 0 fully saturated rings. The summed E-state index contributed by atoms with van der Waals surface area (Å²) in [5.74, 6) is 0.611. The lowest BCUT2D eigenvalue weighted by atomic mass is 10.2. The van der Waals surface area contributed by atoms with Crippen molar-refractivity contribution >= 4 is 21.8 Å². The first-order valence-corrected chi connectivity index (χ1v) is 5.58. The van der Waals surface area contributed by atoms with Gasteiger partial charge in [-0.2, -0.15) is 0 Å². The zero-order valence-electron chi connectivity index (χ0n) is 8.84. The van der Waals surface area contributed by atoms with Crippen LogP contribution in [0.2, 0.25) is 0 Å². The second-order valence-corrected chi connectivity index (χ2v) is 4.01. The lowest BCUT2D eigenvalue weighted by molar-refractivity contribution is -0.122. The molecule has 0 aliphatic rings. The van der Waals surface area contributed by atoms with Gasteiger partial charge in [-0.05, 0) is 37.6 Å². The summed E-state index contributed by atoms with van der Waals surface area (Å²) >= 11 is 3.40. The van der Waals surface area contributed by atoms with Crippen LogP contribution in [0.25, 0.3) is 0 Å².